The summed E-state index contributed by atoms with van der Waals surface area (Å²) in [6.45, 7) is 0. The third-order valence-electron chi connectivity index (χ3n) is 4.03. The van der Waals surface area contributed by atoms with Gasteiger partial charge in [0.1, 0.15) is 11.6 Å². The molecule has 0 saturated heterocycles. The highest BCUT2D eigenvalue weighted by molar-refractivity contribution is 5.61. The van der Waals surface area contributed by atoms with Gasteiger partial charge in [-0.25, -0.2) is 4.98 Å². The Labute approximate surface area is 95.4 Å². The molecular formula is C12H18N4. The maximum atomic E-state index is 5.69. The van der Waals surface area contributed by atoms with Crippen molar-refractivity contribution in [3.8, 4) is 0 Å². The Balaban J connectivity index is 1.72. The lowest BCUT2D eigenvalue weighted by Crippen LogP contribution is -2.26. The summed E-state index contributed by atoms with van der Waals surface area (Å²) in [6, 6.07) is 4.32. The predicted molar refractivity (Wildman–Crippen MR) is 65.9 cm³/mol. The van der Waals surface area contributed by atoms with Crippen molar-refractivity contribution >= 4 is 17.3 Å². The molecule has 2 saturated carbocycles. The van der Waals surface area contributed by atoms with Gasteiger partial charge in [0.05, 0.1) is 5.69 Å². The van der Waals surface area contributed by atoms with Crippen LogP contribution in [0.1, 0.15) is 25.7 Å². The number of hydrogen-bond donors (Lipinski definition) is 3. The Morgan fingerprint density at radius 1 is 1.19 bits per heavy atom. The van der Waals surface area contributed by atoms with Gasteiger partial charge in [0.2, 0.25) is 0 Å². The molecule has 3 unspecified atom stereocenters. The van der Waals surface area contributed by atoms with E-state index in [2.05, 4.69) is 10.3 Å². The first-order valence-electron chi connectivity index (χ1n) is 6.01. The lowest BCUT2D eigenvalue weighted by atomic mass is 9.95. The van der Waals surface area contributed by atoms with Gasteiger partial charge in [-0.15, -0.1) is 0 Å². The van der Waals surface area contributed by atoms with Crippen molar-refractivity contribution in [2.45, 2.75) is 31.7 Å². The van der Waals surface area contributed by atoms with Crippen LogP contribution >= 0.6 is 0 Å². The standard InChI is InChI=1S/C12H18N4/c13-9-3-4-11(16-12(9)14)15-10-6-7-1-2-8(10)5-7/h3-4,7-8,10H,1-2,5-6,13H2,(H3,14,15,16). The van der Waals surface area contributed by atoms with E-state index in [4.69, 9.17) is 11.5 Å². The number of nitrogens with one attached hydrogen (secondary N) is 1. The molecule has 3 atom stereocenters. The Morgan fingerprint density at radius 2 is 2.06 bits per heavy atom. The molecule has 2 aliphatic rings. The van der Waals surface area contributed by atoms with E-state index in [-0.39, 0.29) is 0 Å². The average Bonchev–Trinajstić information content (AvgIpc) is 2.85. The first-order chi connectivity index (χ1) is 7.72. The highest BCUT2D eigenvalue weighted by Crippen LogP contribution is 2.45. The molecule has 0 radical (unpaired) electrons. The van der Waals surface area contributed by atoms with Crippen LogP contribution in [0.25, 0.3) is 0 Å². The van der Waals surface area contributed by atoms with E-state index in [1.54, 1.807) is 0 Å². The van der Waals surface area contributed by atoms with Crippen molar-refractivity contribution in [3.05, 3.63) is 12.1 Å². The van der Waals surface area contributed by atoms with Crippen molar-refractivity contribution in [2.24, 2.45) is 11.8 Å². The molecule has 2 bridgehead atoms. The maximum absolute atomic E-state index is 5.69. The topological polar surface area (TPSA) is 77.0 Å². The highest BCUT2D eigenvalue weighted by atomic mass is 15.1. The molecule has 1 heterocycles. The number of pyridine rings is 1. The van der Waals surface area contributed by atoms with Gasteiger partial charge in [-0.05, 0) is 43.2 Å². The summed E-state index contributed by atoms with van der Waals surface area (Å²) in [6.07, 6.45) is 5.46. The summed E-state index contributed by atoms with van der Waals surface area (Å²) in [5, 5.41) is 3.49. The molecule has 3 rings (SSSR count). The molecule has 86 valence electrons. The van der Waals surface area contributed by atoms with Gasteiger partial charge < -0.3 is 16.8 Å². The summed E-state index contributed by atoms with van der Waals surface area (Å²) in [7, 11) is 0. The molecule has 0 aliphatic heterocycles. The minimum absolute atomic E-state index is 0.424. The van der Waals surface area contributed by atoms with Crippen molar-refractivity contribution in [2.75, 3.05) is 16.8 Å². The zero-order valence-corrected chi connectivity index (χ0v) is 9.32. The van der Waals surface area contributed by atoms with E-state index in [0.717, 1.165) is 17.7 Å². The second kappa shape index (κ2) is 3.54. The van der Waals surface area contributed by atoms with Crippen LogP contribution in [0, 0.1) is 11.8 Å². The van der Waals surface area contributed by atoms with Crippen molar-refractivity contribution < 1.29 is 0 Å². The van der Waals surface area contributed by atoms with Crippen molar-refractivity contribution in [1.29, 1.82) is 0 Å². The van der Waals surface area contributed by atoms with Crippen LogP contribution in [0.15, 0.2) is 12.1 Å². The van der Waals surface area contributed by atoms with Crippen LogP contribution in [0.2, 0.25) is 0 Å². The molecule has 16 heavy (non-hydrogen) atoms. The number of fused-ring (bicyclic) bond motifs is 2. The molecule has 0 spiro atoms. The van der Waals surface area contributed by atoms with Crippen LogP contribution < -0.4 is 16.8 Å². The van der Waals surface area contributed by atoms with Crippen molar-refractivity contribution in [3.63, 3.8) is 0 Å². The first-order valence-corrected chi connectivity index (χ1v) is 6.01. The zero-order chi connectivity index (χ0) is 11.1. The fourth-order valence-corrected chi connectivity index (χ4v) is 3.18. The fourth-order valence-electron chi connectivity index (χ4n) is 3.18. The number of anilines is 3. The SMILES string of the molecule is Nc1ccc(NC2CC3CCC2C3)nc1N. The lowest BCUT2D eigenvalue weighted by Gasteiger charge is -2.23. The molecule has 1 aromatic heterocycles. The second-order valence-electron chi connectivity index (χ2n) is 5.10. The summed E-state index contributed by atoms with van der Waals surface area (Å²) < 4.78 is 0. The number of nitrogens with zero attached hydrogens (tertiary/aromatic N) is 1. The number of hydrogen-bond acceptors (Lipinski definition) is 4. The Hall–Kier alpha value is -1.45. The third kappa shape index (κ3) is 1.58. The average molecular weight is 218 g/mol. The van der Waals surface area contributed by atoms with Crippen LogP contribution in [0.4, 0.5) is 17.3 Å². The molecule has 0 aromatic carbocycles. The van der Waals surface area contributed by atoms with Crippen LogP contribution in [0.3, 0.4) is 0 Å². The maximum Gasteiger partial charge on any atom is 0.149 e. The first kappa shape index (κ1) is 9.75. The molecule has 1 aromatic rings. The number of aromatic nitrogens is 1. The Kier molecular flexibility index (Phi) is 2.16. The smallest absolute Gasteiger partial charge is 0.149 e. The monoisotopic (exact) mass is 218 g/mol. The van der Waals surface area contributed by atoms with E-state index >= 15 is 0 Å². The van der Waals surface area contributed by atoms with Gasteiger partial charge in [-0.3, -0.25) is 0 Å². The van der Waals surface area contributed by atoms with E-state index < -0.39 is 0 Å². The molecule has 4 nitrogen and oxygen atoms in total. The number of rotatable bonds is 2. The summed E-state index contributed by atoms with van der Waals surface area (Å²) in [4.78, 5) is 4.26. The number of nitrogen functional groups attached to an aromatic ring is 2. The lowest BCUT2D eigenvalue weighted by molar-refractivity contribution is 0.439. The highest BCUT2D eigenvalue weighted by Gasteiger charge is 2.39. The van der Waals surface area contributed by atoms with Gasteiger partial charge in [0.25, 0.3) is 0 Å². The van der Waals surface area contributed by atoms with Crippen molar-refractivity contribution in [1.82, 2.24) is 4.98 Å². The summed E-state index contributed by atoms with van der Waals surface area (Å²) in [5.41, 5.74) is 11.9. The second-order valence-corrected chi connectivity index (χ2v) is 5.10. The van der Waals surface area contributed by atoms with Gasteiger partial charge in [0.15, 0.2) is 0 Å². The van der Waals surface area contributed by atoms with E-state index in [9.17, 15) is 0 Å². The predicted octanol–water partition coefficient (Wildman–Crippen LogP) is 1.85. The van der Waals surface area contributed by atoms with E-state index in [1.807, 2.05) is 12.1 Å². The fraction of sp³-hybridized carbons (Fsp3) is 0.583. The zero-order valence-electron chi connectivity index (χ0n) is 9.32. The molecular weight excluding hydrogens is 200 g/mol. The Morgan fingerprint density at radius 3 is 2.69 bits per heavy atom. The normalized spacial score (nSPS) is 31.9. The van der Waals surface area contributed by atoms with Gasteiger partial charge >= 0.3 is 0 Å². The molecule has 2 aliphatic carbocycles. The van der Waals surface area contributed by atoms with Crippen LogP contribution in [-0.4, -0.2) is 11.0 Å². The Bertz CT molecular complexity index is 404. The van der Waals surface area contributed by atoms with E-state index in [1.165, 1.54) is 25.7 Å². The quantitative estimate of drug-likeness (QED) is 0.708. The van der Waals surface area contributed by atoms with Gasteiger partial charge in [0, 0.05) is 6.04 Å². The van der Waals surface area contributed by atoms with E-state index in [0.29, 0.717) is 17.5 Å². The minimum atomic E-state index is 0.424. The third-order valence-corrected chi connectivity index (χ3v) is 4.03. The largest absolute Gasteiger partial charge is 0.396 e. The van der Waals surface area contributed by atoms with Gasteiger partial charge in [-0.2, -0.15) is 0 Å². The minimum Gasteiger partial charge on any atom is -0.396 e. The molecule has 0 amide bonds. The number of nitrogens with two attached hydrogens (primary N) is 2. The molecule has 4 heteroatoms. The summed E-state index contributed by atoms with van der Waals surface area (Å²) >= 11 is 0. The van der Waals surface area contributed by atoms with Crippen LogP contribution in [0.5, 0.6) is 0 Å². The molecule has 5 N–H and O–H groups in total. The molecule has 2 fully saturated rings. The summed E-state index contributed by atoms with van der Waals surface area (Å²) in [5.74, 6) is 3.07. The van der Waals surface area contributed by atoms with Gasteiger partial charge in [-0.1, -0.05) is 6.42 Å². The van der Waals surface area contributed by atoms with Crippen LogP contribution in [-0.2, 0) is 0 Å².